The van der Waals surface area contributed by atoms with Crippen molar-refractivity contribution in [2.75, 3.05) is 19.7 Å². The van der Waals surface area contributed by atoms with Crippen molar-refractivity contribution in [2.45, 2.75) is 32.7 Å². The van der Waals surface area contributed by atoms with Crippen LogP contribution in [0, 0.1) is 0 Å². The molecule has 0 atom stereocenters. The second kappa shape index (κ2) is 7.05. The summed E-state index contributed by atoms with van der Waals surface area (Å²) in [4.78, 5) is 21.5. The van der Waals surface area contributed by atoms with Gasteiger partial charge in [0, 0.05) is 18.5 Å². The zero-order valence-corrected chi connectivity index (χ0v) is 10.1. The maximum Gasteiger partial charge on any atom is 0.404 e. The largest absolute Gasteiger partial charge is 0.448 e. The molecule has 0 saturated carbocycles. The Hall–Kier alpha value is -1.30. The molecule has 6 nitrogen and oxygen atoms in total. The molecule has 2 amide bonds. The third-order valence-electron chi connectivity index (χ3n) is 1.68. The highest BCUT2D eigenvalue weighted by atomic mass is 16.5. The highest BCUT2D eigenvalue weighted by Crippen LogP contribution is 1.97. The number of amides is 2. The van der Waals surface area contributed by atoms with E-state index in [-0.39, 0.29) is 24.6 Å². The average molecular weight is 231 g/mol. The molecule has 0 aliphatic carbocycles. The number of carbonyl (C=O) groups is 2. The smallest absolute Gasteiger partial charge is 0.404 e. The highest BCUT2D eigenvalue weighted by molar-refractivity contribution is 5.76. The Balaban J connectivity index is 3.42. The normalized spacial score (nSPS) is 10.9. The maximum atomic E-state index is 11.3. The van der Waals surface area contributed by atoms with Crippen molar-refractivity contribution in [1.82, 2.24) is 10.6 Å². The van der Waals surface area contributed by atoms with Crippen LogP contribution in [0.15, 0.2) is 0 Å². The third-order valence-corrected chi connectivity index (χ3v) is 1.68. The molecule has 0 spiro atoms. The van der Waals surface area contributed by atoms with Crippen molar-refractivity contribution in [3.05, 3.63) is 0 Å². The number of primary amides is 1. The highest BCUT2D eigenvalue weighted by Gasteiger charge is 2.09. The lowest BCUT2D eigenvalue weighted by Crippen LogP contribution is -2.39. The number of hydrogen-bond acceptors (Lipinski definition) is 4. The minimum absolute atomic E-state index is 0.00929. The fourth-order valence-electron chi connectivity index (χ4n) is 0.981. The second-order valence-electron chi connectivity index (χ2n) is 4.44. The van der Waals surface area contributed by atoms with Gasteiger partial charge in [-0.25, -0.2) is 4.79 Å². The molecule has 0 aromatic rings. The van der Waals surface area contributed by atoms with E-state index in [0.29, 0.717) is 13.0 Å². The van der Waals surface area contributed by atoms with Crippen LogP contribution in [0.5, 0.6) is 0 Å². The van der Waals surface area contributed by atoms with Crippen LogP contribution in [0.2, 0.25) is 0 Å². The summed E-state index contributed by atoms with van der Waals surface area (Å²) >= 11 is 0. The topological polar surface area (TPSA) is 93.4 Å². The predicted octanol–water partition coefficient (Wildman–Crippen LogP) is -0.0239. The number of hydrogen-bond donors (Lipinski definition) is 3. The minimum Gasteiger partial charge on any atom is -0.448 e. The Bertz CT molecular complexity index is 236. The van der Waals surface area contributed by atoms with Crippen molar-refractivity contribution in [2.24, 2.45) is 5.73 Å². The van der Waals surface area contributed by atoms with E-state index < -0.39 is 6.09 Å². The van der Waals surface area contributed by atoms with Crippen molar-refractivity contribution in [3.8, 4) is 0 Å². The third kappa shape index (κ3) is 10.8. The molecule has 4 N–H and O–H groups in total. The van der Waals surface area contributed by atoms with Gasteiger partial charge >= 0.3 is 6.09 Å². The molecule has 0 aliphatic rings. The zero-order chi connectivity index (χ0) is 12.6. The van der Waals surface area contributed by atoms with E-state index in [2.05, 4.69) is 15.4 Å². The van der Waals surface area contributed by atoms with Crippen LogP contribution in [-0.2, 0) is 9.53 Å². The van der Waals surface area contributed by atoms with Crippen LogP contribution in [0.1, 0.15) is 27.2 Å². The van der Waals surface area contributed by atoms with E-state index in [1.54, 1.807) is 0 Å². The molecular weight excluding hydrogens is 210 g/mol. The molecule has 0 fully saturated rings. The van der Waals surface area contributed by atoms with Gasteiger partial charge in [0.05, 0.1) is 6.54 Å². The van der Waals surface area contributed by atoms with E-state index in [9.17, 15) is 9.59 Å². The Morgan fingerprint density at radius 3 is 2.38 bits per heavy atom. The van der Waals surface area contributed by atoms with Gasteiger partial charge < -0.3 is 21.1 Å². The SMILES string of the molecule is CC(C)(C)NCCC(=O)NCCOC(N)=O. The van der Waals surface area contributed by atoms with Crippen LogP contribution >= 0.6 is 0 Å². The Labute approximate surface area is 95.9 Å². The second-order valence-corrected chi connectivity index (χ2v) is 4.44. The average Bonchev–Trinajstić information content (AvgIpc) is 2.10. The zero-order valence-electron chi connectivity index (χ0n) is 10.1. The number of ether oxygens (including phenoxy) is 1. The van der Waals surface area contributed by atoms with Gasteiger partial charge in [-0.1, -0.05) is 0 Å². The van der Waals surface area contributed by atoms with Crippen LogP contribution in [0.3, 0.4) is 0 Å². The molecule has 0 saturated heterocycles. The molecule has 94 valence electrons. The molecule has 0 rings (SSSR count). The van der Waals surface area contributed by atoms with Gasteiger partial charge in [-0.15, -0.1) is 0 Å². The van der Waals surface area contributed by atoms with Gasteiger partial charge in [0.15, 0.2) is 0 Å². The summed E-state index contributed by atoms with van der Waals surface area (Å²) in [6, 6.07) is 0. The summed E-state index contributed by atoms with van der Waals surface area (Å²) in [5.41, 5.74) is 4.76. The Morgan fingerprint density at radius 1 is 1.25 bits per heavy atom. The molecule has 16 heavy (non-hydrogen) atoms. The van der Waals surface area contributed by atoms with Gasteiger partial charge in [-0.3, -0.25) is 4.79 Å². The van der Waals surface area contributed by atoms with Crippen molar-refractivity contribution >= 4 is 12.0 Å². The van der Waals surface area contributed by atoms with Crippen molar-refractivity contribution in [3.63, 3.8) is 0 Å². The van der Waals surface area contributed by atoms with Crippen LogP contribution in [0.4, 0.5) is 4.79 Å². The molecule has 0 radical (unpaired) electrons. The molecule has 0 heterocycles. The first-order valence-electron chi connectivity index (χ1n) is 5.25. The molecule has 6 heteroatoms. The van der Waals surface area contributed by atoms with E-state index >= 15 is 0 Å². The summed E-state index contributed by atoms with van der Waals surface area (Å²) in [5, 5.41) is 5.81. The van der Waals surface area contributed by atoms with Crippen LogP contribution in [0.25, 0.3) is 0 Å². The summed E-state index contributed by atoms with van der Waals surface area (Å²) in [7, 11) is 0. The lowest BCUT2D eigenvalue weighted by Gasteiger charge is -2.20. The Morgan fingerprint density at radius 2 is 1.88 bits per heavy atom. The maximum absolute atomic E-state index is 11.3. The van der Waals surface area contributed by atoms with E-state index in [1.165, 1.54) is 0 Å². The number of nitrogens with one attached hydrogen (secondary N) is 2. The van der Waals surface area contributed by atoms with Gasteiger partial charge in [0.1, 0.15) is 6.61 Å². The van der Waals surface area contributed by atoms with Crippen LogP contribution in [-0.4, -0.2) is 37.2 Å². The fraction of sp³-hybridized carbons (Fsp3) is 0.800. The summed E-state index contributed by atoms with van der Waals surface area (Å²) in [5.74, 6) is -0.0789. The van der Waals surface area contributed by atoms with Gasteiger partial charge in [0.2, 0.25) is 5.91 Å². The summed E-state index contributed by atoms with van der Waals surface area (Å²) in [6.07, 6.45) is -0.433. The molecule has 0 aliphatic heterocycles. The van der Waals surface area contributed by atoms with Crippen molar-refractivity contribution < 1.29 is 14.3 Å². The molecule has 0 unspecified atom stereocenters. The first-order valence-corrected chi connectivity index (χ1v) is 5.25. The van der Waals surface area contributed by atoms with Crippen LogP contribution < -0.4 is 16.4 Å². The van der Waals surface area contributed by atoms with Gasteiger partial charge in [0.25, 0.3) is 0 Å². The predicted molar refractivity (Wildman–Crippen MR) is 60.9 cm³/mol. The number of nitrogens with two attached hydrogens (primary N) is 1. The first kappa shape index (κ1) is 14.7. The van der Waals surface area contributed by atoms with Gasteiger partial charge in [-0.2, -0.15) is 0 Å². The van der Waals surface area contributed by atoms with E-state index in [4.69, 9.17) is 5.73 Å². The summed E-state index contributed by atoms with van der Waals surface area (Å²) < 4.78 is 4.46. The standard InChI is InChI=1S/C10H21N3O3/c1-10(2,3)13-5-4-8(14)12-6-7-16-9(11)15/h13H,4-7H2,1-3H3,(H2,11,15)(H,12,14). The Kier molecular flexibility index (Phi) is 6.48. The first-order chi connectivity index (χ1) is 7.31. The molecule has 0 aromatic carbocycles. The summed E-state index contributed by atoms with van der Waals surface area (Å²) in [6.45, 7) is 7.11. The quantitative estimate of drug-likeness (QED) is 0.560. The molecular formula is C10H21N3O3. The fourth-order valence-corrected chi connectivity index (χ4v) is 0.981. The minimum atomic E-state index is -0.830. The lowest BCUT2D eigenvalue weighted by molar-refractivity contribution is -0.121. The number of rotatable bonds is 6. The van der Waals surface area contributed by atoms with E-state index in [0.717, 1.165) is 0 Å². The van der Waals surface area contributed by atoms with Gasteiger partial charge in [-0.05, 0) is 20.8 Å². The van der Waals surface area contributed by atoms with E-state index in [1.807, 2.05) is 20.8 Å². The number of carbonyl (C=O) groups excluding carboxylic acids is 2. The molecule has 0 bridgehead atoms. The monoisotopic (exact) mass is 231 g/mol. The molecule has 0 aromatic heterocycles. The van der Waals surface area contributed by atoms with Crippen molar-refractivity contribution in [1.29, 1.82) is 0 Å². The lowest BCUT2D eigenvalue weighted by atomic mass is 10.1.